The Morgan fingerprint density at radius 1 is 1.67 bits per heavy atom. The zero-order chi connectivity index (χ0) is 11.6. The van der Waals surface area contributed by atoms with E-state index in [0.717, 1.165) is 0 Å². The fraction of sp³-hybridized carbons (Fsp3) is 0.636. The van der Waals surface area contributed by atoms with Crippen molar-refractivity contribution < 1.29 is 19.1 Å². The standard InChI is InChI=1S/C11H16O4/c1-5-11(3,4)10(13)15-8-7(2)6-14-9(8)12/h5,7-8H,1,6H2,2-4H3. The summed E-state index contributed by atoms with van der Waals surface area (Å²) in [5, 5.41) is 0. The second-order valence-electron chi connectivity index (χ2n) is 4.36. The fourth-order valence-electron chi connectivity index (χ4n) is 1.13. The summed E-state index contributed by atoms with van der Waals surface area (Å²) in [6.07, 6.45) is 0.733. The molecule has 1 rings (SSSR count). The summed E-state index contributed by atoms with van der Waals surface area (Å²) >= 11 is 0. The van der Waals surface area contributed by atoms with Crippen LogP contribution in [0.1, 0.15) is 20.8 Å². The summed E-state index contributed by atoms with van der Waals surface area (Å²) in [4.78, 5) is 22.9. The molecule has 0 aromatic heterocycles. The highest BCUT2D eigenvalue weighted by molar-refractivity contribution is 5.84. The van der Waals surface area contributed by atoms with Crippen molar-refractivity contribution in [3.05, 3.63) is 12.7 Å². The first kappa shape index (κ1) is 11.8. The highest BCUT2D eigenvalue weighted by atomic mass is 16.6. The Balaban J connectivity index is 2.66. The number of hydrogen-bond donors (Lipinski definition) is 0. The summed E-state index contributed by atoms with van der Waals surface area (Å²) < 4.78 is 9.89. The van der Waals surface area contributed by atoms with Gasteiger partial charge in [-0.05, 0) is 13.8 Å². The van der Waals surface area contributed by atoms with Gasteiger partial charge in [-0.25, -0.2) is 4.79 Å². The average Bonchev–Trinajstić information content (AvgIpc) is 2.49. The molecule has 4 nitrogen and oxygen atoms in total. The van der Waals surface area contributed by atoms with Crippen LogP contribution in [0.2, 0.25) is 0 Å². The predicted molar refractivity (Wildman–Crippen MR) is 54.0 cm³/mol. The molecule has 1 aliphatic heterocycles. The molecule has 0 aromatic rings. The Morgan fingerprint density at radius 3 is 2.67 bits per heavy atom. The minimum absolute atomic E-state index is 0.0814. The maximum Gasteiger partial charge on any atom is 0.347 e. The maximum atomic E-state index is 11.6. The third-order valence-electron chi connectivity index (χ3n) is 2.51. The van der Waals surface area contributed by atoms with Gasteiger partial charge in [-0.1, -0.05) is 13.0 Å². The van der Waals surface area contributed by atoms with Gasteiger partial charge in [-0.2, -0.15) is 0 Å². The van der Waals surface area contributed by atoms with Gasteiger partial charge in [0.15, 0.2) is 0 Å². The second kappa shape index (κ2) is 4.04. The molecule has 0 aromatic carbocycles. The molecule has 4 heteroatoms. The van der Waals surface area contributed by atoms with Crippen molar-refractivity contribution in [2.24, 2.45) is 11.3 Å². The van der Waals surface area contributed by atoms with Crippen molar-refractivity contribution in [1.29, 1.82) is 0 Å². The molecule has 1 aliphatic rings. The molecule has 0 amide bonds. The first-order valence-electron chi connectivity index (χ1n) is 4.90. The van der Waals surface area contributed by atoms with Gasteiger partial charge in [-0.15, -0.1) is 6.58 Å². The molecule has 84 valence electrons. The molecule has 0 radical (unpaired) electrons. The first-order chi connectivity index (χ1) is 6.88. The Hall–Kier alpha value is -1.32. The van der Waals surface area contributed by atoms with E-state index in [1.807, 2.05) is 6.92 Å². The minimum Gasteiger partial charge on any atom is -0.462 e. The number of esters is 2. The Kier molecular flexibility index (Phi) is 3.17. The van der Waals surface area contributed by atoms with E-state index in [1.165, 1.54) is 6.08 Å². The van der Waals surface area contributed by atoms with Gasteiger partial charge in [0.25, 0.3) is 0 Å². The van der Waals surface area contributed by atoms with Gasteiger partial charge < -0.3 is 9.47 Å². The molecule has 1 saturated heterocycles. The van der Waals surface area contributed by atoms with E-state index in [2.05, 4.69) is 6.58 Å². The van der Waals surface area contributed by atoms with Crippen LogP contribution in [0.25, 0.3) is 0 Å². The normalized spacial score (nSPS) is 25.9. The molecule has 0 bridgehead atoms. The van der Waals surface area contributed by atoms with E-state index in [-0.39, 0.29) is 5.92 Å². The lowest BCUT2D eigenvalue weighted by Crippen LogP contribution is -2.33. The largest absolute Gasteiger partial charge is 0.462 e. The summed E-state index contributed by atoms with van der Waals surface area (Å²) in [5.74, 6) is -0.994. The maximum absolute atomic E-state index is 11.6. The van der Waals surface area contributed by atoms with Crippen molar-refractivity contribution in [3.8, 4) is 0 Å². The molecule has 0 aliphatic carbocycles. The van der Waals surface area contributed by atoms with Crippen LogP contribution in [-0.2, 0) is 19.1 Å². The molecule has 0 saturated carbocycles. The summed E-state index contributed by atoms with van der Waals surface area (Å²) in [7, 11) is 0. The molecule has 15 heavy (non-hydrogen) atoms. The second-order valence-corrected chi connectivity index (χ2v) is 4.36. The Bertz CT molecular complexity index is 293. The highest BCUT2D eigenvalue weighted by Crippen LogP contribution is 2.24. The van der Waals surface area contributed by atoms with E-state index in [1.54, 1.807) is 13.8 Å². The lowest BCUT2D eigenvalue weighted by atomic mass is 9.94. The molecular weight excluding hydrogens is 196 g/mol. The fourth-order valence-corrected chi connectivity index (χ4v) is 1.13. The monoisotopic (exact) mass is 212 g/mol. The van der Waals surface area contributed by atoms with Gasteiger partial charge in [0.05, 0.1) is 12.0 Å². The zero-order valence-electron chi connectivity index (χ0n) is 9.28. The summed E-state index contributed by atoms with van der Waals surface area (Å²) in [6.45, 7) is 9.04. The number of ether oxygens (including phenoxy) is 2. The van der Waals surface area contributed by atoms with Crippen molar-refractivity contribution in [3.63, 3.8) is 0 Å². The quantitative estimate of drug-likeness (QED) is 0.522. The van der Waals surface area contributed by atoms with Gasteiger partial charge in [-0.3, -0.25) is 4.79 Å². The van der Waals surface area contributed by atoms with E-state index < -0.39 is 23.5 Å². The molecule has 0 spiro atoms. The van der Waals surface area contributed by atoms with Crippen LogP contribution in [0, 0.1) is 11.3 Å². The topological polar surface area (TPSA) is 52.6 Å². The van der Waals surface area contributed by atoms with Crippen LogP contribution in [-0.4, -0.2) is 24.6 Å². The third-order valence-corrected chi connectivity index (χ3v) is 2.51. The predicted octanol–water partition coefficient (Wildman–Crippen LogP) is 1.30. The molecule has 2 unspecified atom stereocenters. The summed E-state index contributed by atoms with van der Waals surface area (Å²) in [5.41, 5.74) is -0.775. The summed E-state index contributed by atoms with van der Waals surface area (Å²) in [6, 6.07) is 0. The average molecular weight is 212 g/mol. The number of cyclic esters (lactones) is 1. The van der Waals surface area contributed by atoms with Crippen LogP contribution in [0.3, 0.4) is 0 Å². The molecule has 1 heterocycles. The van der Waals surface area contributed by atoms with Crippen molar-refractivity contribution >= 4 is 11.9 Å². The Morgan fingerprint density at radius 2 is 2.27 bits per heavy atom. The lowest BCUT2D eigenvalue weighted by Gasteiger charge is -2.21. The van der Waals surface area contributed by atoms with Gasteiger partial charge >= 0.3 is 11.9 Å². The van der Waals surface area contributed by atoms with E-state index in [9.17, 15) is 9.59 Å². The first-order valence-corrected chi connectivity index (χ1v) is 4.90. The van der Waals surface area contributed by atoms with Crippen LogP contribution >= 0.6 is 0 Å². The third kappa shape index (κ3) is 2.37. The zero-order valence-corrected chi connectivity index (χ0v) is 9.28. The van der Waals surface area contributed by atoms with Gasteiger partial charge in [0, 0.05) is 5.92 Å². The molecule has 2 atom stereocenters. The van der Waals surface area contributed by atoms with Crippen LogP contribution in [0.15, 0.2) is 12.7 Å². The number of carbonyl (C=O) groups is 2. The lowest BCUT2D eigenvalue weighted by molar-refractivity contribution is -0.166. The van der Waals surface area contributed by atoms with E-state index in [0.29, 0.717) is 6.61 Å². The van der Waals surface area contributed by atoms with Crippen LogP contribution in [0.5, 0.6) is 0 Å². The SMILES string of the molecule is C=CC(C)(C)C(=O)OC1C(=O)OCC1C. The van der Waals surface area contributed by atoms with Crippen molar-refractivity contribution in [2.75, 3.05) is 6.61 Å². The van der Waals surface area contributed by atoms with E-state index in [4.69, 9.17) is 9.47 Å². The van der Waals surface area contributed by atoms with Gasteiger partial charge in [0.1, 0.15) is 0 Å². The number of rotatable bonds is 3. The molecule has 0 N–H and O–H groups in total. The highest BCUT2D eigenvalue weighted by Gasteiger charge is 2.39. The number of hydrogen-bond acceptors (Lipinski definition) is 4. The Labute approximate surface area is 89.2 Å². The molecular formula is C11H16O4. The van der Waals surface area contributed by atoms with Crippen LogP contribution in [0.4, 0.5) is 0 Å². The number of carbonyl (C=O) groups excluding carboxylic acids is 2. The van der Waals surface area contributed by atoms with Crippen LogP contribution < -0.4 is 0 Å². The van der Waals surface area contributed by atoms with Gasteiger partial charge in [0.2, 0.25) is 6.10 Å². The van der Waals surface area contributed by atoms with E-state index >= 15 is 0 Å². The smallest absolute Gasteiger partial charge is 0.347 e. The minimum atomic E-state index is -0.775. The van der Waals surface area contributed by atoms with Crippen molar-refractivity contribution in [2.45, 2.75) is 26.9 Å². The van der Waals surface area contributed by atoms with Crippen molar-refractivity contribution in [1.82, 2.24) is 0 Å². The molecule has 1 fully saturated rings.